The number of aliphatic hydroxyl groups is 2. The van der Waals surface area contributed by atoms with Crippen molar-refractivity contribution in [3.63, 3.8) is 0 Å². The van der Waals surface area contributed by atoms with E-state index in [0.717, 1.165) is 63.7 Å². The first-order valence-corrected chi connectivity index (χ1v) is 15.3. The van der Waals surface area contributed by atoms with Crippen LogP contribution in [-0.2, 0) is 27.0 Å². The molecule has 41 heavy (non-hydrogen) atoms. The second-order valence-electron chi connectivity index (χ2n) is 12.9. The number of primary amides is 1. The van der Waals surface area contributed by atoms with Gasteiger partial charge in [0.2, 0.25) is 5.91 Å². The zero-order chi connectivity index (χ0) is 28.8. The van der Waals surface area contributed by atoms with Crippen LogP contribution < -0.4 is 15.4 Å². The summed E-state index contributed by atoms with van der Waals surface area (Å²) in [6.45, 7) is 2.51. The molecule has 2 aromatic rings. The van der Waals surface area contributed by atoms with Crippen LogP contribution in [0.4, 0.5) is 5.69 Å². The van der Waals surface area contributed by atoms with Gasteiger partial charge in [0, 0.05) is 32.1 Å². The molecule has 4 N–H and O–H groups in total. The van der Waals surface area contributed by atoms with Gasteiger partial charge in [-0.05, 0) is 92.0 Å². The van der Waals surface area contributed by atoms with Gasteiger partial charge >= 0.3 is 0 Å². The highest BCUT2D eigenvalue weighted by molar-refractivity contribution is 5.91. The number of carbonyl (C=O) groups is 2. The van der Waals surface area contributed by atoms with E-state index in [4.69, 9.17) is 10.5 Å². The van der Waals surface area contributed by atoms with Gasteiger partial charge in [-0.1, -0.05) is 30.3 Å². The van der Waals surface area contributed by atoms with Gasteiger partial charge in [0.05, 0.1) is 24.8 Å². The molecule has 2 amide bonds. The third kappa shape index (κ3) is 5.10. The lowest BCUT2D eigenvalue weighted by atomic mass is 9.68. The van der Waals surface area contributed by atoms with Gasteiger partial charge in [0.1, 0.15) is 5.75 Å². The van der Waals surface area contributed by atoms with Gasteiger partial charge in [0.25, 0.3) is 5.91 Å². The van der Waals surface area contributed by atoms with Crippen molar-refractivity contribution in [2.45, 2.75) is 74.9 Å². The van der Waals surface area contributed by atoms with E-state index >= 15 is 0 Å². The van der Waals surface area contributed by atoms with Crippen molar-refractivity contribution in [1.82, 2.24) is 4.90 Å². The Morgan fingerprint density at radius 1 is 1.10 bits per heavy atom. The summed E-state index contributed by atoms with van der Waals surface area (Å²) < 4.78 is 6.57. The minimum Gasteiger partial charge on any atom is -0.490 e. The number of aliphatic hydroxyl groups excluding tert-OH is 1. The molecule has 6 rings (SSSR count). The van der Waals surface area contributed by atoms with Crippen molar-refractivity contribution in [3.8, 4) is 5.75 Å². The van der Waals surface area contributed by atoms with E-state index in [1.54, 1.807) is 24.1 Å². The monoisotopic (exact) mass is 561 g/mol. The molecule has 4 aliphatic rings. The predicted octanol–water partition coefficient (Wildman–Crippen LogP) is 3.25. The largest absolute Gasteiger partial charge is 0.490 e. The Bertz CT molecular complexity index is 1320. The van der Waals surface area contributed by atoms with Crippen LogP contribution in [0.5, 0.6) is 5.75 Å². The number of amides is 2. The highest BCUT2D eigenvalue weighted by Gasteiger charge is 2.45. The molecule has 0 aromatic heterocycles. The second kappa shape index (κ2) is 11.0. The Morgan fingerprint density at radius 3 is 2.71 bits per heavy atom. The maximum Gasteiger partial charge on any atom is 0.254 e. The lowest BCUT2D eigenvalue weighted by Crippen LogP contribution is -2.50. The van der Waals surface area contributed by atoms with Gasteiger partial charge in [-0.25, -0.2) is 0 Å². The van der Waals surface area contributed by atoms with Gasteiger partial charge in [0.15, 0.2) is 5.60 Å². The van der Waals surface area contributed by atoms with Gasteiger partial charge in [-0.3, -0.25) is 9.59 Å². The summed E-state index contributed by atoms with van der Waals surface area (Å²) in [7, 11) is 1.68. The van der Waals surface area contributed by atoms with Crippen LogP contribution in [0.3, 0.4) is 0 Å². The van der Waals surface area contributed by atoms with Crippen LogP contribution in [0.2, 0.25) is 0 Å². The number of carbonyl (C=O) groups excluding carboxylic acids is 2. The Labute approximate surface area is 242 Å². The fourth-order valence-electron chi connectivity index (χ4n) is 7.68. The van der Waals surface area contributed by atoms with Crippen molar-refractivity contribution in [1.29, 1.82) is 0 Å². The van der Waals surface area contributed by atoms with E-state index in [9.17, 15) is 19.8 Å². The van der Waals surface area contributed by atoms with Gasteiger partial charge in [-0.2, -0.15) is 0 Å². The average molecular weight is 562 g/mol. The Balaban J connectivity index is 1.44. The lowest BCUT2D eigenvalue weighted by molar-refractivity contribution is -0.147. The van der Waals surface area contributed by atoms with Crippen LogP contribution in [-0.4, -0.2) is 66.3 Å². The summed E-state index contributed by atoms with van der Waals surface area (Å²) in [5.41, 5.74) is 7.24. The molecule has 8 nitrogen and oxygen atoms in total. The van der Waals surface area contributed by atoms with E-state index in [2.05, 4.69) is 29.2 Å². The zero-order valence-corrected chi connectivity index (χ0v) is 24.1. The van der Waals surface area contributed by atoms with Crippen molar-refractivity contribution < 1.29 is 24.5 Å². The molecule has 2 heterocycles. The van der Waals surface area contributed by atoms with Crippen molar-refractivity contribution >= 4 is 17.5 Å². The maximum atomic E-state index is 13.1. The summed E-state index contributed by atoms with van der Waals surface area (Å²) >= 11 is 0. The second-order valence-corrected chi connectivity index (χ2v) is 12.9. The fraction of sp³-hybridized carbons (Fsp3) is 0.576. The normalized spacial score (nSPS) is 32.3. The van der Waals surface area contributed by atoms with Crippen LogP contribution >= 0.6 is 0 Å². The molecular formula is C33H43N3O5. The Morgan fingerprint density at radius 2 is 1.93 bits per heavy atom. The molecule has 2 aliphatic carbocycles. The molecule has 0 saturated heterocycles. The number of nitrogens with two attached hydrogens (primary N) is 1. The molecule has 5 unspecified atom stereocenters. The average Bonchev–Trinajstić information content (AvgIpc) is 3.10. The van der Waals surface area contributed by atoms with Crippen molar-refractivity contribution in [2.24, 2.45) is 17.6 Å². The number of benzene rings is 2. The Hall–Kier alpha value is -3.10. The summed E-state index contributed by atoms with van der Waals surface area (Å²) in [6, 6.07) is 13.9. The van der Waals surface area contributed by atoms with E-state index in [1.165, 1.54) is 11.1 Å². The smallest absolute Gasteiger partial charge is 0.254 e. The van der Waals surface area contributed by atoms with Crippen LogP contribution in [0, 0.1) is 11.8 Å². The number of hydrogen-bond donors (Lipinski definition) is 3. The molecule has 1 saturated carbocycles. The molecule has 1 spiro atoms. The first-order valence-electron chi connectivity index (χ1n) is 15.3. The third-order valence-corrected chi connectivity index (χ3v) is 10.4. The summed E-state index contributed by atoms with van der Waals surface area (Å²) in [6.07, 6.45) is 6.68. The minimum atomic E-state index is -2.14. The molecule has 0 radical (unpaired) electrons. The Kier molecular flexibility index (Phi) is 7.49. The fourth-order valence-corrected chi connectivity index (χ4v) is 7.68. The highest BCUT2D eigenvalue weighted by Crippen LogP contribution is 2.47. The van der Waals surface area contributed by atoms with Crippen LogP contribution in [0.15, 0.2) is 42.5 Å². The summed E-state index contributed by atoms with van der Waals surface area (Å²) in [4.78, 5) is 29.8. The lowest BCUT2D eigenvalue weighted by Gasteiger charge is -2.46. The standard InChI is InChI=1S/C33H43N3O5/c1-35-16-5-4-10-28(37)25-13-11-23(25)19-36-20-32(15-6-8-22-7-2-3-9-26(22)32)21-41-29-14-12-24(17-27(29)36)33(40,31(34)39)18-30(35)38/h2-3,7,9,12,14,17,23,25,28,37,40H,4-6,8,10-11,13,15-16,18-21H2,1H3,(H2,34,39). The first-order chi connectivity index (χ1) is 19.7. The summed E-state index contributed by atoms with van der Waals surface area (Å²) in [5, 5.41) is 22.8. The van der Waals surface area contributed by atoms with E-state index in [1.807, 2.05) is 6.07 Å². The highest BCUT2D eigenvalue weighted by atomic mass is 16.5. The van der Waals surface area contributed by atoms with E-state index in [0.29, 0.717) is 36.8 Å². The first kappa shape index (κ1) is 28.0. The molecule has 8 heteroatoms. The van der Waals surface area contributed by atoms with Gasteiger partial charge < -0.3 is 30.5 Å². The number of fused-ring (bicyclic) bond motifs is 4. The predicted molar refractivity (Wildman–Crippen MR) is 157 cm³/mol. The quantitative estimate of drug-likeness (QED) is 0.492. The minimum absolute atomic E-state index is 0.203. The molecule has 2 bridgehead atoms. The zero-order valence-electron chi connectivity index (χ0n) is 24.1. The number of anilines is 1. The maximum absolute atomic E-state index is 13.1. The third-order valence-electron chi connectivity index (χ3n) is 10.4. The number of aryl methyl sites for hydroxylation is 1. The van der Waals surface area contributed by atoms with Crippen LogP contribution in [0.25, 0.3) is 0 Å². The molecule has 5 atom stereocenters. The van der Waals surface area contributed by atoms with E-state index < -0.39 is 17.9 Å². The van der Waals surface area contributed by atoms with Gasteiger partial charge in [-0.15, -0.1) is 0 Å². The van der Waals surface area contributed by atoms with Crippen LogP contribution in [0.1, 0.15) is 68.1 Å². The van der Waals surface area contributed by atoms with Crippen molar-refractivity contribution in [3.05, 3.63) is 59.2 Å². The number of rotatable bonds is 1. The molecule has 220 valence electrons. The summed E-state index contributed by atoms with van der Waals surface area (Å²) in [5.74, 6) is -0.0283. The number of ether oxygens (including phenoxy) is 1. The molecular weight excluding hydrogens is 518 g/mol. The number of hydrogen-bond acceptors (Lipinski definition) is 6. The van der Waals surface area contributed by atoms with Crippen molar-refractivity contribution in [2.75, 3.05) is 38.2 Å². The molecule has 1 fully saturated rings. The van der Waals surface area contributed by atoms with E-state index in [-0.39, 0.29) is 23.3 Å². The number of nitrogens with zero attached hydrogens (tertiary/aromatic N) is 2. The SMILES string of the molecule is CN1CCCCC(O)C2CCC2CN2CC3(CCCc4ccccc43)COc3ccc(cc32)C(O)(C(N)=O)CC1=O. The molecule has 2 aromatic carbocycles. The molecule has 2 aliphatic heterocycles. The topological polar surface area (TPSA) is 116 Å².